The molecular formula is C15H16F3N3O3. The van der Waals surface area contributed by atoms with E-state index in [1.54, 1.807) is 13.8 Å². The van der Waals surface area contributed by atoms with E-state index in [0.717, 1.165) is 10.7 Å². The molecule has 6 nitrogen and oxygen atoms in total. The Morgan fingerprint density at radius 1 is 1.33 bits per heavy atom. The van der Waals surface area contributed by atoms with Crippen LogP contribution >= 0.6 is 0 Å². The fourth-order valence-corrected chi connectivity index (χ4v) is 1.99. The maximum atomic E-state index is 12.8. The van der Waals surface area contributed by atoms with Crippen molar-refractivity contribution < 1.29 is 22.7 Å². The number of H-pyrrole nitrogens is 1. The van der Waals surface area contributed by atoms with E-state index in [1.807, 2.05) is 0 Å². The van der Waals surface area contributed by atoms with Gasteiger partial charge < -0.3 is 9.84 Å². The van der Waals surface area contributed by atoms with Gasteiger partial charge in [0.1, 0.15) is 11.3 Å². The molecule has 0 saturated heterocycles. The van der Waals surface area contributed by atoms with E-state index in [1.165, 1.54) is 13.2 Å². The topological polar surface area (TPSA) is 77.0 Å². The van der Waals surface area contributed by atoms with Gasteiger partial charge in [-0.1, -0.05) is 0 Å². The summed E-state index contributed by atoms with van der Waals surface area (Å²) in [5, 5.41) is 2.54. The van der Waals surface area contributed by atoms with E-state index < -0.39 is 23.2 Å². The summed E-state index contributed by atoms with van der Waals surface area (Å²) in [7, 11) is 1.42. The minimum atomic E-state index is -4.64. The van der Waals surface area contributed by atoms with E-state index in [2.05, 4.69) is 10.1 Å². The molecule has 0 unspecified atom stereocenters. The summed E-state index contributed by atoms with van der Waals surface area (Å²) in [6.07, 6.45) is -3.70. The summed E-state index contributed by atoms with van der Waals surface area (Å²) in [6, 6.07) is 1.73. The summed E-state index contributed by atoms with van der Waals surface area (Å²) in [5.74, 6) is -0.708. The first-order valence-corrected chi connectivity index (χ1v) is 7.09. The molecule has 24 heavy (non-hydrogen) atoms. The van der Waals surface area contributed by atoms with Crippen LogP contribution in [0.2, 0.25) is 0 Å². The summed E-state index contributed by atoms with van der Waals surface area (Å²) >= 11 is 0. The van der Waals surface area contributed by atoms with Crippen LogP contribution in [0.1, 0.15) is 41.2 Å². The number of alkyl halides is 3. The van der Waals surface area contributed by atoms with Gasteiger partial charge >= 0.3 is 6.18 Å². The smallest absolute Gasteiger partial charge is 0.372 e. The van der Waals surface area contributed by atoms with E-state index in [-0.39, 0.29) is 29.5 Å². The van der Waals surface area contributed by atoms with E-state index >= 15 is 0 Å². The van der Waals surface area contributed by atoms with Gasteiger partial charge in [-0.3, -0.25) is 14.3 Å². The highest BCUT2D eigenvalue weighted by Gasteiger charge is 2.33. The van der Waals surface area contributed by atoms with Crippen molar-refractivity contribution in [3.05, 3.63) is 51.2 Å². The number of pyridine rings is 1. The largest absolute Gasteiger partial charge is 0.433 e. The van der Waals surface area contributed by atoms with Gasteiger partial charge in [-0.05, 0) is 26.0 Å². The van der Waals surface area contributed by atoms with Crippen molar-refractivity contribution in [2.24, 2.45) is 7.05 Å². The average Bonchev–Trinajstić information content (AvgIpc) is 2.83. The number of rotatable bonds is 5. The molecule has 0 atom stereocenters. The number of aromatic amines is 1. The zero-order valence-corrected chi connectivity index (χ0v) is 13.3. The second kappa shape index (κ2) is 6.60. The van der Waals surface area contributed by atoms with Gasteiger partial charge in [0.25, 0.3) is 5.56 Å². The molecule has 0 aliphatic carbocycles. The number of hydrogen-bond donors (Lipinski definition) is 1. The number of hydrogen-bond acceptors (Lipinski definition) is 4. The number of aromatic nitrogens is 3. The molecule has 130 valence electrons. The van der Waals surface area contributed by atoms with Crippen molar-refractivity contribution in [1.29, 1.82) is 0 Å². The Morgan fingerprint density at radius 2 is 2.00 bits per heavy atom. The van der Waals surface area contributed by atoms with Crippen LogP contribution in [-0.2, 0) is 24.6 Å². The quantitative estimate of drug-likeness (QED) is 0.845. The van der Waals surface area contributed by atoms with Gasteiger partial charge in [0.15, 0.2) is 0 Å². The number of nitrogens with zero attached hydrogens (tertiary/aromatic N) is 2. The van der Waals surface area contributed by atoms with Gasteiger partial charge in [-0.25, -0.2) is 4.98 Å². The molecule has 2 aromatic rings. The lowest BCUT2D eigenvalue weighted by Gasteiger charge is -2.13. The third-order valence-corrected chi connectivity index (χ3v) is 3.24. The van der Waals surface area contributed by atoms with E-state index in [9.17, 15) is 22.8 Å². The Bertz CT molecular complexity index is 806. The van der Waals surface area contributed by atoms with Crippen LogP contribution in [-0.4, -0.2) is 26.7 Å². The van der Waals surface area contributed by atoms with Crippen LogP contribution in [0.15, 0.2) is 23.1 Å². The summed E-state index contributed by atoms with van der Waals surface area (Å²) < 4.78 is 44.9. The highest BCUT2D eigenvalue weighted by molar-refractivity contribution is 6.09. The van der Waals surface area contributed by atoms with Crippen molar-refractivity contribution in [3.63, 3.8) is 0 Å². The Kier molecular flexibility index (Phi) is 4.93. The monoisotopic (exact) mass is 343 g/mol. The zero-order valence-electron chi connectivity index (χ0n) is 13.3. The highest BCUT2D eigenvalue weighted by Crippen LogP contribution is 2.29. The Morgan fingerprint density at radius 3 is 2.50 bits per heavy atom. The molecule has 0 aliphatic rings. The number of ether oxygens (including phenoxy) is 1. The molecule has 1 N–H and O–H groups in total. The van der Waals surface area contributed by atoms with Crippen molar-refractivity contribution in [2.45, 2.75) is 32.7 Å². The molecule has 0 fully saturated rings. The maximum absolute atomic E-state index is 12.8. The summed E-state index contributed by atoms with van der Waals surface area (Å²) in [6.45, 7) is 3.14. The zero-order chi connectivity index (χ0) is 18.1. The number of ketones is 1. The number of carbonyl (C=O) groups is 1. The van der Waals surface area contributed by atoms with Gasteiger partial charge in [0.05, 0.1) is 18.4 Å². The third kappa shape index (κ3) is 3.73. The normalized spacial score (nSPS) is 12.0. The number of carbonyl (C=O) groups excluding carboxylic acids is 1. The first-order chi connectivity index (χ1) is 11.1. The molecule has 2 heterocycles. The maximum Gasteiger partial charge on any atom is 0.433 e. The molecule has 2 rings (SSSR count). The molecule has 9 heteroatoms. The van der Waals surface area contributed by atoms with Crippen LogP contribution in [0.4, 0.5) is 13.2 Å². The lowest BCUT2D eigenvalue weighted by molar-refractivity contribution is -0.141. The fourth-order valence-electron chi connectivity index (χ4n) is 1.99. The summed E-state index contributed by atoms with van der Waals surface area (Å²) in [4.78, 5) is 27.9. The van der Waals surface area contributed by atoms with Crippen molar-refractivity contribution in [1.82, 2.24) is 14.8 Å². The van der Waals surface area contributed by atoms with E-state index in [0.29, 0.717) is 6.07 Å². The number of nitrogens with one attached hydrogen (secondary N) is 1. The van der Waals surface area contributed by atoms with Gasteiger partial charge in [-0.2, -0.15) is 13.2 Å². The minimum absolute atomic E-state index is 0.0969. The molecule has 0 bridgehead atoms. The van der Waals surface area contributed by atoms with Crippen LogP contribution in [0.3, 0.4) is 0 Å². The Hall–Kier alpha value is -2.42. The molecular weight excluding hydrogens is 327 g/mol. The molecule has 0 radical (unpaired) electrons. The van der Waals surface area contributed by atoms with Crippen molar-refractivity contribution >= 4 is 5.78 Å². The lowest BCUT2D eigenvalue weighted by atomic mass is 10.0. The first kappa shape index (κ1) is 17.9. The number of halogens is 3. The molecule has 0 spiro atoms. The molecule has 0 aliphatic heterocycles. The standard InChI is InChI=1S/C15H16F3N3O3/c1-8(2)24-7-11-9(4-5-12(20-11)15(16,17)18)13(22)10-6-19-21(3)14(10)23/h4-6,8,19H,7H2,1-3H3. The van der Waals surface area contributed by atoms with Crippen molar-refractivity contribution in [2.75, 3.05) is 0 Å². The predicted molar refractivity (Wildman–Crippen MR) is 78.6 cm³/mol. The number of aryl methyl sites for hydroxylation is 1. The Balaban J connectivity index is 2.49. The first-order valence-electron chi connectivity index (χ1n) is 7.09. The van der Waals surface area contributed by atoms with Crippen LogP contribution in [0, 0.1) is 0 Å². The third-order valence-electron chi connectivity index (χ3n) is 3.24. The Labute approximate surface area is 135 Å². The van der Waals surface area contributed by atoms with Crippen LogP contribution in [0.5, 0.6) is 0 Å². The molecule has 0 saturated carbocycles. The molecule has 0 aromatic carbocycles. The van der Waals surface area contributed by atoms with Crippen LogP contribution in [0.25, 0.3) is 0 Å². The van der Waals surface area contributed by atoms with Gasteiger partial charge in [-0.15, -0.1) is 0 Å². The molecule has 2 aromatic heterocycles. The lowest BCUT2D eigenvalue weighted by Crippen LogP contribution is -2.21. The van der Waals surface area contributed by atoms with Gasteiger partial charge in [0.2, 0.25) is 5.78 Å². The molecule has 0 amide bonds. The highest BCUT2D eigenvalue weighted by atomic mass is 19.4. The predicted octanol–water partition coefficient (Wildman–Crippen LogP) is 2.28. The second-order valence-corrected chi connectivity index (χ2v) is 5.43. The fraction of sp³-hybridized carbons (Fsp3) is 0.400. The minimum Gasteiger partial charge on any atom is -0.372 e. The van der Waals surface area contributed by atoms with Crippen LogP contribution < -0.4 is 5.56 Å². The van der Waals surface area contributed by atoms with E-state index in [4.69, 9.17) is 4.74 Å². The van der Waals surface area contributed by atoms with Gasteiger partial charge in [0, 0.05) is 18.8 Å². The van der Waals surface area contributed by atoms with Crippen molar-refractivity contribution in [3.8, 4) is 0 Å². The second-order valence-electron chi connectivity index (χ2n) is 5.43. The summed E-state index contributed by atoms with van der Waals surface area (Å²) in [5.41, 5.74) is -2.13. The average molecular weight is 343 g/mol. The SMILES string of the molecule is CC(C)OCc1nc(C(F)(F)F)ccc1C(=O)c1c[nH]n(C)c1=O.